The van der Waals surface area contributed by atoms with Crippen LogP contribution in [0.4, 0.5) is 0 Å². The van der Waals surface area contributed by atoms with Crippen molar-refractivity contribution in [3.8, 4) is 11.5 Å². The van der Waals surface area contributed by atoms with Gasteiger partial charge in [0.15, 0.2) is 11.5 Å². The molecule has 0 aromatic heterocycles. The molecule has 1 aliphatic rings. The summed E-state index contributed by atoms with van der Waals surface area (Å²) >= 11 is 0. The molecule has 1 aliphatic carbocycles. The summed E-state index contributed by atoms with van der Waals surface area (Å²) in [6.07, 6.45) is 1.90. The third-order valence-electron chi connectivity index (χ3n) is 3.86. The molecule has 0 radical (unpaired) electrons. The van der Waals surface area contributed by atoms with Gasteiger partial charge < -0.3 is 14.9 Å². The number of hydrogen-bond donors (Lipinski definition) is 3. The van der Waals surface area contributed by atoms with Gasteiger partial charge in [-0.2, -0.15) is 0 Å². The average molecular weight is 329 g/mol. The fraction of sp³-hybridized carbons (Fsp3) is 0.500. The fourth-order valence-corrected chi connectivity index (χ4v) is 3.89. The van der Waals surface area contributed by atoms with Gasteiger partial charge >= 0.3 is 5.97 Å². The van der Waals surface area contributed by atoms with Crippen LogP contribution in [0.5, 0.6) is 11.5 Å². The van der Waals surface area contributed by atoms with Crippen molar-refractivity contribution in [2.45, 2.75) is 36.6 Å². The minimum absolute atomic E-state index is 0.00232. The molecule has 1 saturated carbocycles. The van der Waals surface area contributed by atoms with Crippen LogP contribution < -0.4 is 9.46 Å². The number of sulfonamides is 1. The maximum absolute atomic E-state index is 12.3. The van der Waals surface area contributed by atoms with Crippen molar-refractivity contribution in [1.29, 1.82) is 0 Å². The van der Waals surface area contributed by atoms with E-state index in [1.54, 1.807) is 0 Å². The molecule has 7 nitrogen and oxygen atoms in total. The smallest absolute Gasteiger partial charge is 0.306 e. The molecular formula is C14H19NO6S. The maximum atomic E-state index is 12.3. The number of carboxylic acids is 1. The van der Waals surface area contributed by atoms with Crippen molar-refractivity contribution in [3.05, 3.63) is 18.2 Å². The monoisotopic (exact) mass is 329 g/mol. The summed E-state index contributed by atoms with van der Waals surface area (Å²) in [4.78, 5) is 10.9. The lowest BCUT2D eigenvalue weighted by Crippen LogP contribution is -2.38. The summed E-state index contributed by atoms with van der Waals surface area (Å²) in [5, 5.41) is 18.4. The zero-order chi connectivity index (χ0) is 16.3. The lowest BCUT2D eigenvalue weighted by Gasteiger charge is -2.26. The highest BCUT2D eigenvalue weighted by Gasteiger charge is 2.29. The molecule has 0 unspecified atom stereocenters. The second-order valence-corrected chi connectivity index (χ2v) is 7.06. The van der Waals surface area contributed by atoms with Gasteiger partial charge in [0, 0.05) is 12.1 Å². The quantitative estimate of drug-likeness (QED) is 0.751. The molecule has 122 valence electrons. The van der Waals surface area contributed by atoms with Gasteiger partial charge in [0.05, 0.1) is 17.9 Å². The van der Waals surface area contributed by atoms with Gasteiger partial charge in [-0.1, -0.05) is 0 Å². The minimum Gasteiger partial charge on any atom is -0.504 e. The predicted molar refractivity (Wildman–Crippen MR) is 78.4 cm³/mol. The Hall–Kier alpha value is -1.80. The Labute approximate surface area is 129 Å². The maximum Gasteiger partial charge on any atom is 0.306 e. The van der Waals surface area contributed by atoms with Crippen molar-refractivity contribution in [3.63, 3.8) is 0 Å². The lowest BCUT2D eigenvalue weighted by atomic mass is 9.87. The predicted octanol–water partition coefficient (Wildman–Crippen LogP) is 1.32. The van der Waals surface area contributed by atoms with Crippen molar-refractivity contribution in [2.75, 3.05) is 7.11 Å². The molecule has 1 aromatic rings. The summed E-state index contributed by atoms with van der Waals surface area (Å²) < 4.78 is 32.1. The van der Waals surface area contributed by atoms with E-state index in [1.807, 2.05) is 0 Å². The minimum atomic E-state index is -3.74. The topological polar surface area (TPSA) is 113 Å². The van der Waals surface area contributed by atoms with E-state index >= 15 is 0 Å². The van der Waals surface area contributed by atoms with E-state index in [0.717, 1.165) is 0 Å². The van der Waals surface area contributed by atoms with Crippen LogP contribution in [0.2, 0.25) is 0 Å². The van der Waals surface area contributed by atoms with Crippen molar-refractivity contribution in [1.82, 2.24) is 4.72 Å². The number of aliphatic carboxylic acids is 1. The van der Waals surface area contributed by atoms with Crippen LogP contribution in [0.3, 0.4) is 0 Å². The van der Waals surface area contributed by atoms with E-state index in [4.69, 9.17) is 9.84 Å². The molecule has 1 fully saturated rings. The highest BCUT2D eigenvalue weighted by atomic mass is 32.2. The third kappa shape index (κ3) is 3.69. The number of carbonyl (C=O) groups is 1. The van der Waals surface area contributed by atoms with Gasteiger partial charge in [-0.3, -0.25) is 4.79 Å². The van der Waals surface area contributed by atoms with E-state index < -0.39 is 21.9 Å². The summed E-state index contributed by atoms with van der Waals surface area (Å²) in [5.74, 6) is -1.28. The molecule has 2 rings (SSSR count). The molecule has 22 heavy (non-hydrogen) atoms. The number of phenols is 1. The Balaban J connectivity index is 2.07. The Morgan fingerprint density at radius 2 is 1.91 bits per heavy atom. The number of nitrogens with one attached hydrogen (secondary N) is 1. The number of carboxylic acid groups (broad SMARTS) is 1. The van der Waals surface area contributed by atoms with Crippen molar-refractivity contribution in [2.24, 2.45) is 5.92 Å². The number of rotatable bonds is 5. The summed E-state index contributed by atoms with van der Waals surface area (Å²) in [6.45, 7) is 0. The summed E-state index contributed by atoms with van der Waals surface area (Å²) in [7, 11) is -2.40. The molecule has 8 heteroatoms. The van der Waals surface area contributed by atoms with Crippen molar-refractivity contribution < 1.29 is 28.2 Å². The van der Waals surface area contributed by atoms with E-state index in [-0.39, 0.29) is 22.4 Å². The fourth-order valence-electron chi connectivity index (χ4n) is 2.57. The Kier molecular flexibility index (Phi) is 4.92. The second-order valence-electron chi connectivity index (χ2n) is 5.34. The molecule has 0 spiro atoms. The summed E-state index contributed by atoms with van der Waals surface area (Å²) in [6, 6.07) is 3.53. The lowest BCUT2D eigenvalue weighted by molar-refractivity contribution is -0.142. The Bertz CT molecular complexity index is 649. The molecular weight excluding hydrogens is 310 g/mol. The van der Waals surface area contributed by atoms with Gasteiger partial charge in [0.2, 0.25) is 10.0 Å². The van der Waals surface area contributed by atoms with Crippen molar-refractivity contribution >= 4 is 16.0 Å². The molecule has 0 amide bonds. The van der Waals surface area contributed by atoms with Gasteiger partial charge in [0.1, 0.15) is 0 Å². The van der Waals surface area contributed by atoms with E-state index in [1.165, 1.54) is 25.3 Å². The SMILES string of the molecule is COc1cc(S(=O)(=O)NC2CCC(C(=O)O)CC2)ccc1O. The molecule has 0 bridgehead atoms. The second kappa shape index (κ2) is 6.53. The number of hydrogen-bond acceptors (Lipinski definition) is 5. The average Bonchev–Trinajstić information content (AvgIpc) is 2.47. The van der Waals surface area contributed by atoms with Crippen LogP contribution in [-0.2, 0) is 14.8 Å². The van der Waals surface area contributed by atoms with Gasteiger partial charge in [0.25, 0.3) is 0 Å². The zero-order valence-electron chi connectivity index (χ0n) is 12.2. The van der Waals surface area contributed by atoms with E-state index in [0.29, 0.717) is 25.7 Å². The molecule has 0 aliphatic heterocycles. The van der Waals surface area contributed by atoms with Crippen LogP contribution in [0.25, 0.3) is 0 Å². The Morgan fingerprint density at radius 3 is 2.45 bits per heavy atom. The molecule has 0 saturated heterocycles. The number of aromatic hydroxyl groups is 1. The summed E-state index contributed by atoms with van der Waals surface area (Å²) in [5.41, 5.74) is 0. The van der Waals surface area contributed by atoms with Crippen LogP contribution >= 0.6 is 0 Å². The molecule has 0 atom stereocenters. The Morgan fingerprint density at radius 1 is 1.27 bits per heavy atom. The number of methoxy groups -OCH3 is 1. The number of phenolic OH excluding ortho intramolecular Hbond substituents is 1. The van der Waals surface area contributed by atoms with E-state index in [2.05, 4.69) is 4.72 Å². The first-order valence-corrected chi connectivity index (χ1v) is 8.44. The highest BCUT2D eigenvalue weighted by Crippen LogP contribution is 2.29. The van der Waals surface area contributed by atoms with Crippen LogP contribution in [0.1, 0.15) is 25.7 Å². The normalized spacial score (nSPS) is 22.2. The molecule has 0 heterocycles. The van der Waals surface area contributed by atoms with Gasteiger partial charge in [-0.25, -0.2) is 13.1 Å². The highest BCUT2D eigenvalue weighted by molar-refractivity contribution is 7.89. The first kappa shape index (κ1) is 16.6. The van der Waals surface area contributed by atoms with E-state index in [9.17, 15) is 18.3 Å². The number of benzene rings is 1. The standard InChI is InChI=1S/C14H19NO6S/c1-21-13-8-11(6-7-12(13)16)22(19,20)15-10-4-2-9(3-5-10)14(17)18/h6-10,15-16H,2-5H2,1H3,(H,17,18). The largest absolute Gasteiger partial charge is 0.504 e. The first-order chi connectivity index (χ1) is 10.3. The molecule has 3 N–H and O–H groups in total. The zero-order valence-corrected chi connectivity index (χ0v) is 13.0. The van der Waals surface area contributed by atoms with Crippen LogP contribution in [0.15, 0.2) is 23.1 Å². The van der Waals surface area contributed by atoms with Gasteiger partial charge in [-0.05, 0) is 37.8 Å². The van der Waals surface area contributed by atoms with Gasteiger partial charge in [-0.15, -0.1) is 0 Å². The number of ether oxygens (including phenoxy) is 1. The van der Waals surface area contributed by atoms with Crippen LogP contribution in [-0.4, -0.2) is 37.8 Å². The van der Waals surface area contributed by atoms with Crippen LogP contribution in [0, 0.1) is 5.92 Å². The molecule has 1 aromatic carbocycles. The third-order valence-corrected chi connectivity index (χ3v) is 5.38. The first-order valence-electron chi connectivity index (χ1n) is 6.95.